The third-order valence-electron chi connectivity index (χ3n) is 4.99. The minimum Gasteiger partial charge on any atom is -0.508 e. The van der Waals surface area contributed by atoms with E-state index in [1.165, 1.54) is 0 Å². The molecule has 4 rings (SSSR count). The summed E-state index contributed by atoms with van der Waals surface area (Å²) in [6.07, 6.45) is 2.64. The average molecular weight is 482 g/mol. The van der Waals surface area contributed by atoms with Crippen LogP contribution in [0.15, 0.2) is 65.3 Å². The second kappa shape index (κ2) is 9.36. The van der Waals surface area contributed by atoms with Gasteiger partial charge in [0.1, 0.15) is 17.3 Å². The number of hydrogen-bond acceptors (Lipinski definition) is 6. The largest absolute Gasteiger partial charge is 0.508 e. The molecule has 0 radical (unpaired) electrons. The van der Waals surface area contributed by atoms with Crippen molar-refractivity contribution >= 4 is 27.4 Å². The molecule has 0 unspecified atom stereocenters. The predicted molar refractivity (Wildman–Crippen MR) is 125 cm³/mol. The summed E-state index contributed by atoms with van der Waals surface area (Å²) in [7, 11) is 2.07. The van der Waals surface area contributed by atoms with Crippen molar-refractivity contribution in [2.24, 2.45) is 0 Å². The minimum atomic E-state index is 0.189. The molecule has 4 aromatic rings. The third kappa shape index (κ3) is 4.98. The van der Waals surface area contributed by atoms with E-state index in [1.54, 1.807) is 35.0 Å². The highest BCUT2D eigenvalue weighted by Crippen LogP contribution is 2.31. The molecule has 0 saturated heterocycles. The molecule has 0 fully saturated rings. The molecule has 0 spiro atoms. The Morgan fingerprint density at radius 2 is 1.94 bits per heavy atom. The molecule has 0 aliphatic heterocycles. The van der Waals surface area contributed by atoms with Crippen LogP contribution in [0, 0.1) is 0 Å². The Kier molecular flexibility index (Phi) is 6.39. The molecule has 2 aromatic carbocycles. The van der Waals surface area contributed by atoms with Crippen LogP contribution in [0.2, 0.25) is 0 Å². The normalized spacial score (nSPS) is 11.3. The Labute approximate surface area is 189 Å². The molecule has 0 amide bonds. The summed E-state index contributed by atoms with van der Waals surface area (Å²) >= 11 is 3.50. The van der Waals surface area contributed by atoms with Crippen LogP contribution >= 0.6 is 15.9 Å². The lowest BCUT2D eigenvalue weighted by molar-refractivity contribution is 0.325. The molecule has 8 heteroatoms. The van der Waals surface area contributed by atoms with Crippen molar-refractivity contribution in [1.29, 1.82) is 0 Å². The summed E-state index contributed by atoms with van der Waals surface area (Å²) in [6.45, 7) is 2.42. The number of anilines is 1. The zero-order valence-corrected chi connectivity index (χ0v) is 18.7. The molecular weight excluding hydrogens is 458 g/mol. The molecular formula is C23H24BrN5O2. The molecule has 0 saturated carbocycles. The van der Waals surface area contributed by atoms with Crippen LogP contribution < -0.4 is 5.32 Å². The fraction of sp³-hybridized carbons (Fsp3) is 0.217. The number of benzene rings is 2. The van der Waals surface area contributed by atoms with Crippen LogP contribution in [0.1, 0.15) is 12.0 Å². The van der Waals surface area contributed by atoms with Crippen LogP contribution in [0.5, 0.6) is 11.5 Å². The number of aromatic nitrogens is 3. The molecule has 0 bridgehead atoms. The summed E-state index contributed by atoms with van der Waals surface area (Å²) in [6, 6.07) is 16.4. The first-order chi connectivity index (χ1) is 15.0. The van der Waals surface area contributed by atoms with Crippen molar-refractivity contribution in [3.8, 4) is 22.8 Å². The molecule has 0 atom stereocenters. The lowest BCUT2D eigenvalue weighted by Crippen LogP contribution is -2.21. The van der Waals surface area contributed by atoms with Gasteiger partial charge in [-0.05, 0) is 65.8 Å². The van der Waals surface area contributed by atoms with Gasteiger partial charge < -0.3 is 20.4 Å². The first-order valence-electron chi connectivity index (χ1n) is 10.0. The van der Waals surface area contributed by atoms with Crippen LogP contribution in [-0.4, -0.2) is 49.8 Å². The third-order valence-corrected chi connectivity index (χ3v) is 5.55. The summed E-state index contributed by atoms with van der Waals surface area (Å²) < 4.78 is 2.54. The molecule has 0 aliphatic carbocycles. The van der Waals surface area contributed by atoms with Crippen molar-refractivity contribution in [2.75, 3.05) is 25.5 Å². The van der Waals surface area contributed by atoms with E-state index in [2.05, 4.69) is 43.3 Å². The Morgan fingerprint density at radius 3 is 2.74 bits per heavy atom. The van der Waals surface area contributed by atoms with Gasteiger partial charge in [0.2, 0.25) is 0 Å². The highest BCUT2D eigenvalue weighted by Gasteiger charge is 2.13. The van der Waals surface area contributed by atoms with E-state index in [1.807, 2.05) is 30.3 Å². The highest BCUT2D eigenvalue weighted by molar-refractivity contribution is 9.10. The van der Waals surface area contributed by atoms with E-state index in [4.69, 9.17) is 0 Å². The zero-order valence-electron chi connectivity index (χ0n) is 17.2. The molecule has 7 nitrogen and oxygen atoms in total. The fourth-order valence-electron chi connectivity index (χ4n) is 3.50. The zero-order chi connectivity index (χ0) is 21.8. The smallest absolute Gasteiger partial charge is 0.172 e. The molecule has 3 N–H and O–H groups in total. The molecule has 2 heterocycles. The first-order valence-corrected chi connectivity index (χ1v) is 10.8. The van der Waals surface area contributed by atoms with E-state index in [0.717, 1.165) is 41.9 Å². The van der Waals surface area contributed by atoms with Gasteiger partial charge in [0, 0.05) is 24.7 Å². The second-order valence-electron chi connectivity index (χ2n) is 7.46. The van der Waals surface area contributed by atoms with E-state index in [9.17, 15) is 10.2 Å². The van der Waals surface area contributed by atoms with Gasteiger partial charge in [0.25, 0.3) is 0 Å². The molecule has 160 valence electrons. The number of fused-ring (bicyclic) bond motifs is 1. The van der Waals surface area contributed by atoms with E-state index in [-0.39, 0.29) is 5.75 Å². The molecule has 0 aliphatic rings. The lowest BCUT2D eigenvalue weighted by atomic mass is 10.1. The van der Waals surface area contributed by atoms with Gasteiger partial charge in [0.15, 0.2) is 5.65 Å². The summed E-state index contributed by atoms with van der Waals surface area (Å²) in [5, 5.41) is 27.7. The Hall–Kier alpha value is -3.10. The van der Waals surface area contributed by atoms with Crippen LogP contribution in [0.3, 0.4) is 0 Å². The maximum atomic E-state index is 10.2. The van der Waals surface area contributed by atoms with Gasteiger partial charge in [-0.3, -0.25) is 0 Å². The van der Waals surface area contributed by atoms with Crippen LogP contribution in [0.4, 0.5) is 5.82 Å². The Bertz CT molecular complexity index is 1190. The van der Waals surface area contributed by atoms with Crippen LogP contribution in [-0.2, 0) is 6.54 Å². The van der Waals surface area contributed by atoms with Crippen molar-refractivity contribution in [3.63, 3.8) is 0 Å². The second-order valence-corrected chi connectivity index (χ2v) is 8.31. The number of phenols is 2. The number of para-hydroxylation sites is 1. The average Bonchev–Trinajstić information content (AvgIpc) is 3.12. The summed E-state index contributed by atoms with van der Waals surface area (Å²) in [4.78, 5) is 6.88. The van der Waals surface area contributed by atoms with Gasteiger partial charge in [-0.1, -0.05) is 24.3 Å². The Morgan fingerprint density at radius 1 is 1.10 bits per heavy atom. The SMILES string of the molecule is CN(CCCNc1cc(-c2ccccc2O)nc2c(Br)cnn12)Cc1cccc(O)c1. The number of rotatable bonds is 8. The maximum Gasteiger partial charge on any atom is 0.172 e. The van der Waals surface area contributed by atoms with Crippen molar-refractivity contribution in [3.05, 3.63) is 70.8 Å². The quantitative estimate of drug-likeness (QED) is 0.321. The maximum absolute atomic E-state index is 10.2. The summed E-state index contributed by atoms with van der Waals surface area (Å²) in [5.74, 6) is 1.29. The van der Waals surface area contributed by atoms with Gasteiger partial charge in [-0.15, -0.1) is 0 Å². The number of halogens is 1. The topological polar surface area (TPSA) is 85.9 Å². The summed E-state index contributed by atoms with van der Waals surface area (Å²) in [5.41, 5.74) is 3.12. The minimum absolute atomic E-state index is 0.189. The number of phenolic OH excluding ortho intramolecular Hbond substituents is 2. The predicted octanol–water partition coefficient (Wildman–Crippen LogP) is 4.50. The molecule has 2 aromatic heterocycles. The number of nitrogens with one attached hydrogen (secondary N) is 1. The number of hydrogen-bond donors (Lipinski definition) is 3. The van der Waals surface area contributed by atoms with Gasteiger partial charge in [-0.2, -0.15) is 9.61 Å². The number of nitrogens with zero attached hydrogens (tertiary/aromatic N) is 4. The first kappa shape index (κ1) is 21.1. The standard InChI is InChI=1S/C23H24BrN5O2/c1-28(15-16-6-4-7-17(30)12-16)11-5-10-25-22-13-20(18-8-2-3-9-21(18)31)27-23-19(24)14-26-29(22)23/h2-4,6-9,12-14,25,30-31H,5,10-11,15H2,1H3. The van der Waals surface area contributed by atoms with Crippen molar-refractivity contribution in [1.82, 2.24) is 19.5 Å². The monoisotopic (exact) mass is 481 g/mol. The van der Waals surface area contributed by atoms with Gasteiger partial charge in [0.05, 0.1) is 16.4 Å². The highest BCUT2D eigenvalue weighted by atomic mass is 79.9. The van der Waals surface area contributed by atoms with Crippen LogP contribution in [0.25, 0.3) is 16.9 Å². The Balaban J connectivity index is 1.44. The van der Waals surface area contributed by atoms with E-state index in [0.29, 0.717) is 22.7 Å². The lowest BCUT2D eigenvalue weighted by Gasteiger charge is -2.17. The van der Waals surface area contributed by atoms with Crippen molar-refractivity contribution < 1.29 is 10.2 Å². The van der Waals surface area contributed by atoms with E-state index < -0.39 is 0 Å². The number of aromatic hydroxyl groups is 2. The van der Waals surface area contributed by atoms with Crippen molar-refractivity contribution in [2.45, 2.75) is 13.0 Å². The van der Waals surface area contributed by atoms with Gasteiger partial charge in [-0.25, -0.2) is 4.98 Å². The van der Waals surface area contributed by atoms with E-state index >= 15 is 0 Å². The fourth-order valence-corrected chi connectivity index (χ4v) is 3.85. The van der Waals surface area contributed by atoms with Gasteiger partial charge >= 0.3 is 0 Å². The molecule has 31 heavy (non-hydrogen) atoms.